The summed E-state index contributed by atoms with van der Waals surface area (Å²) in [5.74, 6) is -0.0222. The van der Waals surface area contributed by atoms with Gasteiger partial charge in [0.2, 0.25) is 0 Å². The second-order valence-corrected chi connectivity index (χ2v) is 5.96. The van der Waals surface area contributed by atoms with Crippen molar-refractivity contribution in [1.29, 1.82) is 5.26 Å². The van der Waals surface area contributed by atoms with Crippen LogP contribution in [0.25, 0.3) is 0 Å². The average molecular weight is 313 g/mol. The number of nitrogens with one attached hydrogen (secondary N) is 1. The summed E-state index contributed by atoms with van der Waals surface area (Å²) in [7, 11) is 0. The molecule has 1 fully saturated rings. The van der Waals surface area contributed by atoms with E-state index in [4.69, 9.17) is 10.00 Å². The largest absolute Gasteiger partial charge is 0.461 e. The molecule has 1 aliphatic carbocycles. The molecule has 1 aromatic heterocycles. The van der Waals surface area contributed by atoms with E-state index < -0.39 is 0 Å². The molecule has 0 radical (unpaired) electrons. The van der Waals surface area contributed by atoms with Crippen molar-refractivity contribution in [2.45, 2.75) is 25.3 Å². The first-order valence-electron chi connectivity index (χ1n) is 7.10. The van der Waals surface area contributed by atoms with Gasteiger partial charge in [-0.25, -0.2) is 9.78 Å². The van der Waals surface area contributed by atoms with E-state index in [0.29, 0.717) is 29.8 Å². The van der Waals surface area contributed by atoms with Gasteiger partial charge in [0.05, 0.1) is 23.2 Å². The number of thiazole rings is 1. The van der Waals surface area contributed by atoms with Crippen molar-refractivity contribution in [3.63, 3.8) is 0 Å². The third-order valence-electron chi connectivity index (χ3n) is 3.48. The Labute approximate surface area is 132 Å². The van der Waals surface area contributed by atoms with Crippen LogP contribution < -0.4 is 5.32 Å². The summed E-state index contributed by atoms with van der Waals surface area (Å²) in [4.78, 5) is 16.0. The molecule has 1 aliphatic rings. The maximum atomic E-state index is 11.6. The summed E-state index contributed by atoms with van der Waals surface area (Å²) >= 11 is 1.50. The highest BCUT2D eigenvalue weighted by Crippen LogP contribution is 2.44. The van der Waals surface area contributed by atoms with Gasteiger partial charge in [0, 0.05) is 23.0 Å². The van der Waals surface area contributed by atoms with E-state index >= 15 is 0 Å². The molecule has 0 aliphatic heterocycles. The van der Waals surface area contributed by atoms with E-state index in [1.807, 2.05) is 12.1 Å². The maximum Gasteiger partial charge on any atom is 0.357 e. The molecular weight excluding hydrogens is 298 g/mol. The first-order chi connectivity index (χ1) is 10.7. The number of carbonyl (C=O) groups excluding carboxylic acids is 1. The van der Waals surface area contributed by atoms with Gasteiger partial charge in [-0.2, -0.15) is 5.26 Å². The van der Waals surface area contributed by atoms with Crippen LogP contribution in [0.15, 0.2) is 29.6 Å². The fraction of sp³-hybridized carbons (Fsp3) is 0.312. The number of anilines is 1. The van der Waals surface area contributed by atoms with Crippen LogP contribution in [0.1, 0.15) is 40.3 Å². The Morgan fingerprint density at radius 1 is 1.50 bits per heavy atom. The number of carbonyl (C=O) groups is 1. The molecule has 0 bridgehead atoms. The summed E-state index contributed by atoms with van der Waals surface area (Å²) in [6, 6.07) is 9.82. The van der Waals surface area contributed by atoms with E-state index in [1.54, 1.807) is 24.4 Å². The number of benzene rings is 1. The van der Waals surface area contributed by atoms with Crippen LogP contribution >= 0.6 is 11.3 Å². The molecule has 1 aromatic carbocycles. The second kappa shape index (κ2) is 6.16. The zero-order chi connectivity index (χ0) is 15.5. The van der Waals surface area contributed by atoms with Crippen molar-refractivity contribution in [2.24, 2.45) is 0 Å². The summed E-state index contributed by atoms with van der Waals surface area (Å²) < 4.78 is 4.95. The minimum atomic E-state index is -0.359. The molecular formula is C16H15N3O2S. The Bertz CT molecular complexity index is 718. The van der Waals surface area contributed by atoms with Crippen molar-refractivity contribution in [2.75, 3.05) is 11.9 Å². The zero-order valence-corrected chi connectivity index (χ0v) is 12.9. The van der Waals surface area contributed by atoms with Gasteiger partial charge in [-0.05, 0) is 37.6 Å². The van der Waals surface area contributed by atoms with Crippen molar-refractivity contribution < 1.29 is 9.53 Å². The maximum absolute atomic E-state index is 11.6. The summed E-state index contributed by atoms with van der Waals surface area (Å²) in [6.45, 7) is 2.14. The highest BCUT2D eigenvalue weighted by atomic mass is 32.1. The molecule has 1 heterocycles. The Hall–Kier alpha value is -2.39. The molecule has 1 N–H and O–H groups in total. The number of nitrogens with zero attached hydrogens (tertiary/aromatic N) is 2. The molecule has 2 atom stereocenters. The lowest BCUT2D eigenvalue weighted by Gasteiger charge is -2.04. The number of rotatable bonds is 5. The topological polar surface area (TPSA) is 75.0 Å². The smallest absolute Gasteiger partial charge is 0.357 e. The molecule has 112 valence electrons. The van der Waals surface area contributed by atoms with Gasteiger partial charge < -0.3 is 10.1 Å². The second-order valence-electron chi connectivity index (χ2n) is 5.07. The Kier molecular flexibility index (Phi) is 4.07. The average Bonchev–Trinajstić information content (AvgIpc) is 3.12. The third-order valence-corrected chi connectivity index (χ3v) is 4.46. The quantitative estimate of drug-likeness (QED) is 0.858. The van der Waals surface area contributed by atoms with Crippen molar-refractivity contribution in [3.05, 3.63) is 45.9 Å². The lowest BCUT2D eigenvalue weighted by Crippen LogP contribution is -2.06. The first kappa shape index (κ1) is 14.5. The van der Waals surface area contributed by atoms with Crippen LogP contribution in [0.5, 0.6) is 0 Å². The minimum absolute atomic E-state index is 0.328. The number of aromatic nitrogens is 1. The van der Waals surface area contributed by atoms with Gasteiger partial charge in [-0.15, -0.1) is 11.3 Å². The van der Waals surface area contributed by atoms with Gasteiger partial charge in [-0.1, -0.05) is 0 Å². The molecule has 2 unspecified atom stereocenters. The van der Waals surface area contributed by atoms with Crippen molar-refractivity contribution >= 4 is 23.0 Å². The van der Waals surface area contributed by atoms with E-state index in [9.17, 15) is 4.79 Å². The number of ether oxygens (including phenoxy) is 1. The Balaban J connectivity index is 1.60. The SMILES string of the molecule is CCOC(=O)c1csc(C2CC2Nc2ccc(C#N)cc2)n1. The molecule has 2 aromatic rings. The molecule has 6 heteroatoms. The number of esters is 1. The Morgan fingerprint density at radius 2 is 2.27 bits per heavy atom. The molecule has 1 saturated carbocycles. The van der Waals surface area contributed by atoms with E-state index in [2.05, 4.69) is 16.4 Å². The van der Waals surface area contributed by atoms with Crippen molar-refractivity contribution in [3.8, 4) is 6.07 Å². The molecule has 5 nitrogen and oxygen atoms in total. The molecule has 0 saturated heterocycles. The summed E-state index contributed by atoms with van der Waals surface area (Å²) in [5.41, 5.74) is 2.04. The highest BCUT2D eigenvalue weighted by molar-refractivity contribution is 7.10. The van der Waals surface area contributed by atoms with E-state index in [1.165, 1.54) is 11.3 Å². The number of nitriles is 1. The van der Waals surface area contributed by atoms with Crippen LogP contribution in [0.4, 0.5) is 5.69 Å². The lowest BCUT2D eigenvalue weighted by molar-refractivity contribution is 0.0520. The van der Waals surface area contributed by atoms with Crippen LogP contribution in [-0.4, -0.2) is 23.6 Å². The van der Waals surface area contributed by atoms with E-state index in [-0.39, 0.29) is 5.97 Å². The zero-order valence-electron chi connectivity index (χ0n) is 12.1. The molecule has 0 spiro atoms. The lowest BCUT2D eigenvalue weighted by atomic mass is 10.2. The number of hydrogen-bond acceptors (Lipinski definition) is 6. The molecule has 0 amide bonds. The van der Waals surface area contributed by atoms with Crippen LogP contribution in [0, 0.1) is 11.3 Å². The minimum Gasteiger partial charge on any atom is -0.461 e. The van der Waals surface area contributed by atoms with Gasteiger partial charge in [0.1, 0.15) is 0 Å². The number of hydrogen-bond donors (Lipinski definition) is 1. The summed E-state index contributed by atoms with van der Waals surface area (Å²) in [5, 5.41) is 14.9. The fourth-order valence-electron chi connectivity index (χ4n) is 2.24. The predicted molar refractivity (Wildman–Crippen MR) is 84.0 cm³/mol. The molecule has 3 rings (SSSR count). The first-order valence-corrected chi connectivity index (χ1v) is 7.98. The highest BCUT2D eigenvalue weighted by Gasteiger charge is 2.41. The van der Waals surface area contributed by atoms with Gasteiger partial charge >= 0.3 is 5.97 Å². The van der Waals surface area contributed by atoms with E-state index in [0.717, 1.165) is 17.1 Å². The standard InChI is InChI=1S/C16H15N3O2S/c1-2-21-16(20)14-9-22-15(19-14)12-7-13(12)18-11-5-3-10(8-17)4-6-11/h3-6,9,12-13,18H,2,7H2,1H3. The van der Waals surface area contributed by atoms with Crippen molar-refractivity contribution in [1.82, 2.24) is 4.98 Å². The summed E-state index contributed by atoms with van der Waals surface area (Å²) in [6.07, 6.45) is 0.996. The van der Waals surface area contributed by atoms with Crippen LogP contribution in [-0.2, 0) is 4.74 Å². The fourth-order valence-corrected chi connectivity index (χ4v) is 3.21. The monoisotopic (exact) mass is 313 g/mol. The molecule has 22 heavy (non-hydrogen) atoms. The van der Waals surface area contributed by atoms with Crippen LogP contribution in [0.2, 0.25) is 0 Å². The van der Waals surface area contributed by atoms with Crippen LogP contribution in [0.3, 0.4) is 0 Å². The Morgan fingerprint density at radius 3 is 2.95 bits per heavy atom. The van der Waals surface area contributed by atoms with Gasteiger partial charge in [0.25, 0.3) is 0 Å². The predicted octanol–water partition coefficient (Wildman–Crippen LogP) is 3.16. The third kappa shape index (κ3) is 3.10. The van der Waals surface area contributed by atoms with Gasteiger partial charge in [0.15, 0.2) is 5.69 Å². The van der Waals surface area contributed by atoms with Gasteiger partial charge in [-0.3, -0.25) is 0 Å². The normalized spacial score (nSPS) is 19.3.